The van der Waals surface area contributed by atoms with E-state index in [2.05, 4.69) is 25.9 Å². The fraction of sp³-hybridized carbons (Fsp3) is 0.227. The van der Waals surface area contributed by atoms with Crippen LogP contribution < -0.4 is 15.4 Å². The number of amides is 1. The van der Waals surface area contributed by atoms with Gasteiger partial charge in [0.1, 0.15) is 5.75 Å². The van der Waals surface area contributed by atoms with Crippen molar-refractivity contribution < 1.29 is 9.53 Å². The highest BCUT2D eigenvalue weighted by Crippen LogP contribution is 2.55. The van der Waals surface area contributed by atoms with E-state index in [0.29, 0.717) is 0 Å². The number of fused-ring (bicyclic) bond motifs is 3. The van der Waals surface area contributed by atoms with Crippen molar-refractivity contribution in [3.63, 3.8) is 0 Å². The average molecular weight is 402 g/mol. The zero-order valence-electron chi connectivity index (χ0n) is 16.8. The Kier molecular flexibility index (Phi) is 4.20. The molecule has 8 heteroatoms. The first kappa shape index (κ1) is 18.2. The second-order valence-electron chi connectivity index (χ2n) is 7.59. The zero-order valence-corrected chi connectivity index (χ0v) is 16.8. The van der Waals surface area contributed by atoms with Crippen LogP contribution in [0.25, 0.3) is 10.9 Å². The van der Waals surface area contributed by atoms with Crippen LogP contribution in [0, 0.1) is 0 Å². The number of aryl methyl sites for hydroxylation is 1. The smallest absolute Gasteiger partial charge is 0.235 e. The lowest BCUT2D eigenvalue weighted by Gasteiger charge is -2.06. The molecule has 0 unspecified atom stereocenters. The van der Waals surface area contributed by atoms with Crippen LogP contribution in [0.2, 0.25) is 0 Å². The average Bonchev–Trinajstić information content (AvgIpc) is 3.21. The van der Waals surface area contributed by atoms with E-state index in [1.165, 1.54) is 0 Å². The molecule has 0 radical (unpaired) electrons. The normalized spacial score (nSPS) is 15.3. The quantitative estimate of drug-likeness (QED) is 0.485. The molecule has 152 valence electrons. The van der Waals surface area contributed by atoms with Gasteiger partial charge in [0, 0.05) is 24.3 Å². The molecule has 1 aliphatic carbocycles. The molecule has 0 saturated heterocycles. The van der Waals surface area contributed by atoms with Crippen molar-refractivity contribution in [3.05, 3.63) is 60.4 Å². The maximum absolute atomic E-state index is 11.7. The minimum absolute atomic E-state index is 0.153. The Morgan fingerprint density at radius 1 is 1.20 bits per heavy atom. The minimum Gasteiger partial charge on any atom is -0.497 e. The number of hydrogen-bond acceptors (Lipinski definition) is 5. The summed E-state index contributed by atoms with van der Waals surface area (Å²) in [6.45, 7) is 0. The maximum atomic E-state index is 11.7. The molecule has 2 aliphatic rings. The van der Waals surface area contributed by atoms with Gasteiger partial charge in [0.15, 0.2) is 5.82 Å². The van der Waals surface area contributed by atoms with E-state index in [1.807, 2.05) is 55.7 Å². The first-order chi connectivity index (χ1) is 14.6. The van der Waals surface area contributed by atoms with Gasteiger partial charge in [-0.3, -0.25) is 14.6 Å². The number of H-pyrrole nitrogens is 1. The number of aromatic amines is 1. The second-order valence-corrected chi connectivity index (χ2v) is 7.59. The van der Waals surface area contributed by atoms with Gasteiger partial charge in [-0.1, -0.05) is 12.1 Å². The van der Waals surface area contributed by atoms with Gasteiger partial charge in [0.2, 0.25) is 5.91 Å². The molecule has 2 aromatic carbocycles. The summed E-state index contributed by atoms with van der Waals surface area (Å²) < 4.78 is 6.90. The lowest BCUT2D eigenvalue weighted by molar-refractivity contribution is -0.117. The molecule has 30 heavy (non-hydrogen) atoms. The number of methoxy groups -OCH3 is 1. The Hall–Kier alpha value is -3.81. The highest BCUT2D eigenvalue weighted by atomic mass is 16.5. The lowest BCUT2D eigenvalue weighted by atomic mass is 9.98. The monoisotopic (exact) mass is 402 g/mol. The number of carbonyl (C=O) groups excluding carboxylic acids is 1. The second kappa shape index (κ2) is 6.91. The van der Waals surface area contributed by atoms with Gasteiger partial charge in [0.25, 0.3) is 0 Å². The van der Waals surface area contributed by atoms with E-state index in [9.17, 15) is 4.79 Å². The number of carbonyl (C=O) groups is 1. The summed E-state index contributed by atoms with van der Waals surface area (Å²) in [5, 5.41) is 18.5. The van der Waals surface area contributed by atoms with Crippen molar-refractivity contribution in [2.24, 2.45) is 7.05 Å². The van der Waals surface area contributed by atoms with Crippen LogP contribution in [0.3, 0.4) is 0 Å². The van der Waals surface area contributed by atoms with E-state index in [1.54, 1.807) is 18.0 Å². The van der Waals surface area contributed by atoms with Gasteiger partial charge in [-0.05, 0) is 48.7 Å². The van der Waals surface area contributed by atoms with Crippen LogP contribution >= 0.6 is 0 Å². The highest BCUT2D eigenvalue weighted by Gasteiger charge is 2.56. The van der Waals surface area contributed by atoms with Gasteiger partial charge >= 0.3 is 0 Å². The van der Waals surface area contributed by atoms with Crippen LogP contribution in [-0.4, -0.2) is 33.0 Å². The summed E-state index contributed by atoms with van der Waals surface area (Å²) in [6.07, 6.45) is 5.62. The Bertz CT molecular complexity index is 1240. The summed E-state index contributed by atoms with van der Waals surface area (Å²) in [5.41, 5.74) is 3.81. The minimum atomic E-state index is -0.204. The van der Waals surface area contributed by atoms with Crippen LogP contribution in [-0.2, 0) is 17.3 Å². The van der Waals surface area contributed by atoms with Crippen molar-refractivity contribution in [2.45, 2.75) is 18.3 Å². The van der Waals surface area contributed by atoms with Gasteiger partial charge in [0.05, 0.1) is 29.9 Å². The van der Waals surface area contributed by atoms with Crippen molar-refractivity contribution in [1.82, 2.24) is 20.0 Å². The van der Waals surface area contributed by atoms with Gasteiger partial charge in [-0.25, -0.2) is 0 Å². The molecule has 1 saturated carbocycles. The number of nitrogens with zero attached hydrogens (tertiary/aromatic N) is 3. The molecule has 0 bridgehead atoms. The summed E-state index contributed by atoms with van der Waals surface area (Å²) in [4.78, 5) is 11.7. The predicted octanol–water partition coefficient (Wildman–Crippen LogP) is 3.72. The van der Waals surface area contributed by atoms with Crippen molar-refractivity contribution >= 4 is 34.0 Å². The highest BCUT2D eigenvalue weighted by molar-refractivity contribution is 6.08. The van der Waals surface area contributed by atoms with Gasteiger partial charge < -0.3 is 15.4 Å². The van der Waals surface area contributed by atoms with Crippen LogP contribution in [0.5, 0.6) is 5.75 Å². The molecule has 1 aliphatic heterocycles. The van der Waals surface area contributed by atoms with Crippen molar-refractivity contribution in [1.29, 1.82) is 0 Å². The van der Waals surface area contributed by atoms with E-state index in [-0.39, 0.29) is 11.3 Å². The predicted molar refractivity (Wildman–Crippen MR) is 115 cm³/mol. The Balaban J connectivity index is 0.000000130. The maximum Gasteiger partial charge on any atom is 0.235 e. The number of benzene rings is 2. The number of ether oxygens (including phenoxy) is 1. The molecule has 0 atom stereocenters. The molecule has 3 N–H and O–H groups in total. The van der Waals surface area contributed by atoms with Crippen molar-refractivity contribution in [2.75, 3.05) is 17.7 Å². The Labute approximate surface area is 173 Å². The number of aromatic nitrogens is 4. The standard InChI is InChI=1S/C11H11N5.C11H11NO2/c1-16-7-8(6-12-16)13-11-9-4-2-3-5-10(9)14-15-11;1-14-7-2-3-9-8(6-7)11(4-5-11)10(13)12-9/h2-7H,1H3,(H2,13,14,15);2-3,6H,4-5H2,1H3,(H,12,13). The van der Waals surface area contributed by atoms with Crippen LogP contribution in [0.4, 0.5) is 17.2 Å². The topological polar surface area (TPSA) is 96.9 Å². The molecule has 4 aromatic rings. The molecule has 2 aromatic heterocycles. The van der Waals surface area contributed by atoms with Crippen LogP contribution in [0.15, 0.2) is 54.9 Å². The third-order valence-corrected chi connectivity index (χ3v) is 5.61. The lowest BCUT2D eigenvalue weighted by Crippen LogP contribution is -2.18. The summed E-state index contributed by atoms with van der Waals surface area (Å²) >= 11 is 0. The molecule has 3 heterocycles. The number of rotatable bonds is 3. The van der Waals surface area contributed by atoms with E-state index in [0.717, 1.165) is 52.3 Å². The van der Waals surface area contributed by atoms with E-state index in [4.69, 9.17) is 4.74 Å². The Morgan fingerprint density at radius 2 is 2.03 bits per heavy atom. The molecule has 1 fully saturated rings. The van der Waals surface area contributed by atoms with Gasteiger partial charge in [-0.15, -0.1) is 0 Å². The SMILES string of the molecule is COc1ccc2c(c1)C1(CC1)C(=O)N2.Cn1cc(Nc2n[nH]c3ccccc23)cn1. The largest absolute Gasteiger partial charge is 0.497 e. The van der Waals surface area contributed by atoms with Crippen molar-refractivity contribution in [3.8, 4) is 5.75 Å². The zero-order chi connectivity index (χ0) is 20.7. The fourth-order valence-corrected chi connectivity index (χ4v) is 3.82. The first-order valence-corrected chi connectivity index (χ1v) is 9.78. The fourth-order valence-electron chi connectivity index (χ4n) is 3.82. The number of nitrogens with one attached hydrogen (secondary N) is 3. The Morgan fingerprint density at radius 3 is 2.77 bits per heavy atom. The first-order valence-electron chi connectivity index (χ1n) is 9.78. The number of anilines is 3. The summed E-state index contributed by atoms with van der Waals surface area (Å²) in [6, 6.07) is 13.8. The number of para-hydroxylation sites is 1. The van der Waals surface area contributed by atoms with Crippen LogP contribution in [0.1, 0.15) is 18.4 Å². The van der Waals surface area contributed by atoms with E-state index >= 15 is 0 Å². The molecular formula is C22H22N6O2. The summed E-state index contributed by atoms with van der Waals surface area (Å²) in [5.74, 6) is 1.80. The molecule has 1 amide bonds. The molecular weight excluding hydrogens is 380 g/mol. The van der Waals surface area contributed by atoms with E-state index < -0.39 is 0 Å². The number of hydrogen-bond donors (Lipinski definition) is 3. The molecule has 8 nitrogen and oxygen atoms in total. The third-order valence-electron chi connectivity index (χ3n) is 5.61. The molecule has 1 spiro atoms. The third kappa shape index (κ3) is 3.06. The van der Waals surface area contributed by atoms with Gasteiger partial charge in [-0.2, -0.15) is 10.2 Å². The molecule has 6 rings (SSSR count). The summed E-state index contributed by atoms with van der Waals surface area (Å²) in [7, 11) is 3.53.